The van der Waals surface area contributed by atoms with Gasteiger partial charge in [-0.05, 0) is 43.4 Å². The molecule has 0 bridgehead atoms. The fraction of sp³-hybridized carbons (Fsp3) is 1.00. The molecule has 0 aromatic carbocycles. The van der Waals surface area contributed by atoms with E-state index in [1.54, 1.807) is 0 Å². The highest BCUT2D eigenvalue weighted by Crippen LogP contribution is 2.38. The topological polar surface area (TPSA) is 38.0 Å². The molecule has 0 aliphatic heterocycles. The Bertz CT molecular complexity index is 219. The Balaban J connectivity index is 1.82. The Labute approximate surface area is 100 Å². The molecule has 16 heavy (non-hydrogen) atoms. The van der Waals surface area contributed by atoms with Crippen LogP contribution in [0.2, 0.25) is 0 Å². The number of hydrogen-bond acceptors (Lipinski definition) is 2. The first-order valence-corrected chi connectivity index (χ1v) is 7.07. The first-order valence-electron chi connectivity index (χ1n) is 7.07. The molecule has 0 aromatic heterocycles. The Kier molecular flexibility index (Phi) is 3.91. The molecule has 0 amide bonds. The zero-order valence-electron chi connectivity index (χ0n) is 11.0. The van der Waals surface area contributed by atoms with Crippen molar-refractivity contribution < 1.29 is 0 Å². The Morgan fingerprint density at radius 3 is 2.44 bits per heavy atom. The van der Waals surface area contributed by atoms with Crippen molar-refractivity contribution >= 4 is 0 Å². The first-order chi connectivity index (χ1) is 7.61. The molecule has 0 saturated heterocycles. The second-order valence-electron chi connectivity index (χ2n) is 6.66. The van der Waals surface area contributed by atoms with Crippen LogP contribution in [0.4, 0.5) is 0 Å². The van der Waals surface area contributed by atoms with E-state index < -0.39 is 0 Å². The Hall–Kier alpha value is -0.0800. The average molecular weight is 224 g/mol. The zero-order valence-corrected chi connectivity index (χ0v) is 11.0. The third-order valence-electron chi connectivity index (χ3n) is 4.64. The molecule has 0 heterocycles. The van der Waals surface area contributed by atoms with Gasteiger partial charge in [-0.25, -0.2) is 0 Å². The molecule has 2 aliphatic carbocycles. The maximum atomic E-state index is 5.94. The molecule has 2 unspecified atom stereocenters. The van der Waals surface area contributed by atoms with Crippen LogP contribution in [0.5, 0.6) is 0 Å². The second-order valence-corrected chi connectivity index (χ2v) is 6.66. The lowest BCUT2D eigenvalue weighted by molar-refractivity contribution is 0.307. The number of hydrogen-bond donors (Lipinski definition) is 2. The third-order valence-corrected chi connectivity index (χ3v) is 4.64. The summed E-state index contributed by atoms with van der Waals surface area (Å²) in [6.45, 7) is 5.60. The minimum absolute atomic E-state index is 0.548. The van der Waals surface area contributed by atoms with Crippen LogP contribution >= 0.6 is 0 Å². The van der Waals surface area contributed by atoms with Crippen molar-refractivity contribution in [3.63, 3.8) is 0 Å². The quantitative estimate of drug-likeness (QED) is 0.770. The van der Waals surface area contributed by atoms with Gasteiger partial charge in [-0.3, -0.25) is 0 Å². The van der Waals surface area contributed by atoms with Crippen LogP contribution < -0.4 is 11.1 Å². The molecule has 0 spiro atoms. The lowest BCUT2D eigenvalue weighted by Crippen LogP contribution is -2.46. The lowest BCUT2D eigenvalue weighted by Gasteiger charge is -2.27. The lowest BCUT2D eigenvalue weighted by atomic mass is 9.91. The SMILES string of the molecule is CC1(C)CCC(NC(CN)C2CCCC2)C1. The predicted molar refractivity (Wildman–Crippen MR) is 69.4 cm³/mol. The minimum atomic E-state index is 0.548. The second kappa shape index (κ2) is 5.05. The molecule has 2 heteroatoms. The van der Waals surface area contributed by atoms with Gasteiger partial charge in [-0.15, -0.1) is 0 Å². The Morgan fingerprint density at radius 1 is 1.25 bits per heavy atom. The highest BCUT2D eigenvalue weighted by molar-refractivity contribution is 4.91. The van der Waals surface area contributed by atoms with E-state index >= 15 is 0 Å². The van der Waals surface area contributed by atoms with Crippen molar-refractivity contribution in [3.05, 3.63) is 0 Å². The molecular formula is C14H28N2. The van der Waals surface area contributed by atoms with Gasteiger partial charge in [0.05, 0.1) is 0 Å². The normalized spacial score (nSPS) is 32.1. The first kappa shape index (κ1) is 12.4. The standard InChI is InChI=1S/C14H28N2/c1-14(2)8-7-12(9-14)16-13(10-15)11-5-3-4-6-11/h11-13,16H,3-10,15H2,1-2H3. The summed E-state index contributed by atoms with van der Waals surface area (Å²) >= 11 is 0. The van der Waals surface area contributed by atoms with E-state index in [9.17, 15) is 0 Å². The highest BCUT2D eigenvalue weighted by atomic mass is 15.0. The molecule has 3 N–H and O–H groups in total. The molecule has 2 saturated carbocycles. The molecule has 2 aliphatic rings. The average Bonchev–Trinajstić information content (AvgIpc) is 2.84. The van der Waals surface area contributed by atoms with E-state index in [1.165, 1.54) is 44.9 Å². The smallest absolute Gasteiger partial charge is 0.0221 e. The predicted octanol–water partition coefficient (Wildman–Crippen LogP) is 2.67. The molecule has 2 atom stereocenters. The van der Waals surface area contributed by atoms with Crippen molar-refractivity contribution in [2.75, 3.05) is 6.54 Å². The van der Waals surface area contributed by atoms with Crippen LogP contribution in [0.25, 0.3) is 0 Å². The van der Waals surface area contributed by atoms with Crippen LogP contribution in [0.3, 0.4) is 0 Å². The summed E-state index contributed by atoms with van der Waals surface area (Å²) < 4.78 is 0. The van der Waals surface area contributed by atoms with Gasteiger partial charge in [0, 0.05) is 18.6 Å². The molecule has 0 radical (unpaired) electrons. The van der Waals surface area contributed by atoms with Crippen molar-refractivity contribution in [1.82, 2.24) is 5.32 Å². The van der Waals surface area contributed by atoms with E-state index in [2.05, 4.69) is 19.2 Å². The van der Waals surface area contributed by atoms with E-state index in [0.29, 0.717) is 11.5 Å². The van der Waals surface area contributed by atoms with Gasteiger partial charge in [-0.1, -0.05) is 26.7 Å². The monoisotopic (exact) mass is 224 g/mol. The van der Waals surface area contributed by atoms with Crippen molar-refractivity contribution in [2.45, 2.75) is 70.9 Å². The van der Waals surface area contributed by atoms with Gasteiger partial charge in [0.25, 0.3) is 0 Å². The van der Waals surface area contributed by atoms with E-state index in [-0.39, 0.29) is 0 Å². The highest BCUT2D eigenvalue weighted by Gasteiger charge is 2.33. The summed E-state index contributed by atoms with van der Waals surface area (Å²) in [5.41, 5.74) is 6.48. The van der Waals surface area contributed by atoms with Crippen LogP contribution in [-0.4, -0.2) is 18.6 Å². The fourth-order valence-electron chi connectivity index (χ4n) is 3.64. The molecule has 0 aromatic rings. The minimum Gasteiger partial charge on any atom is -0.329 e. The maximum absolute atomic E-state index is 5.94. The van der Waals surface area contributed by atoms with Crippen molar-refractivity contribution in [1.29, 1.82) is 0 Å². The van der Waals surface area contributed by atoms with Gasteiger partial charge in [0.2, 0.25) is 0 Å². The van der Waals surface area contributed by atoms with Crippen molar-refractivity contribution in [3.8, 4) is 0 Å². The molecule has 94 valence electrons. The van der Waals surface area contributed by atoms with Gasteiger partial charge < -0.3 is 11.1 Å². The molecule has 2 nitrogen and oxygen atoms in total. The maximum Gasteiger partial charge on any atom is 0.0221 e. The largest absolute Gasteiger partial charge is 0.329 e. The summed E-state index contributed by atoms with van der Waals surface area (Å²) in [7, 11) is 0. The van der Waals surface area contributed by atoms with E-state index in [1.807, 2.05) is 0 Å². The fourth-order valence-corrected chi connectivity index (χ4v) is 3.64. The van der Waals surface area contributed by atoms with E-state index in [0.717, 1.165) is 18.5 Å². The number of nitrogens with one attached hydrogen (secondary N) is 1. The Morgan fingerprint density at radius 2 is 1.94 bits per heavy atom. The summed E-state index contributed by atoms with van der Waals surface area (Å²) in [6.07, 6.45) is 9.66. The van der Waals surface area contributed by atoms with Gasteiger partial charge in [-0.2, -0.15) is 0 Å². The van der Waals surface area contributed by atoms with E-state index in [4.69, 9.17) is 5.73 Å². The van der Waals surface area contributed by atoms with Gasteiger partial charge in [0.1, 0.15) is 0 Å². The summed E-state index contributed by atoms with van der Waals surface area (Å²) in [5.74, 6) is 0.855. The molecular weight excluding hydrogens is 196 g/mol. The number of nitrogens with two attached hydrogens (primary N) is 1. The van der Waals surface area contributed by atoms with Crippen LogP contribution in [-0.2, 0) is 0 Å². The van der Waals surface area contributed by atoms with Crippen LogP contribution in [0.1, 0.15) is 58.8 Å². The summed E-state index contributed by atoms with van der Waals surface area (Å²) in [6, 6.07) is 1.31. The van der Waals surface area contributed by atoms with Gasteiger partial charge >= 0.3 is 0 Å². The number of rotatable bonds is 4. The zero-order chi connectivity index (χ0) is 11.6. The molecule has 2 rings (SSSR count). The molecule has 2 fully saturated rings. The third kappa shape index (κ3) is 2.98. The van der Waals surface area contributed by atoms with Crippen molar-refractivity contribution in [2.24, 2.45) is 17.1 Å². The summed E-state index contributed by atoms with van der Waals surface area (Å²) in [4.78, 5) is 0. The van der Waals surface area contributed by atoms with Crippen LogP contribution in [0, 0.1) is 11.3 Å². The summed E-state index contributed by atoms with van der Waals surface area (Å²) in [5, 5.41) is 3.84. The van der Waals surface area contributed by atoms with Gasteiger partial charge in [0.15, 0.2) is 0 Å². The van der Waals surface area contributed by atoms with Crippen LogP contribution in [0.15, 0.2) is 0 Å².